The predicted octanol–water partition coefficient (Wildman–Crippen LogP) is 5.96. The molecule has 1 fully saturated rings. The van der Waals surface area contributed by atoms with Crippen LogP contribution in [0, 0.1) is 6.92 Å². The van der Waals surface area contributed by atoms with Crippen molar-refractivity contribution in [3.8, 4) is 17.0 Å². The minimum Gasteiger partial charge on any atom is -0.466 e. The number of ether oxygens (including phenoxy) is 3. The van der Waals surface area contributed by atoms with Gasteiger partial charge in [0.25, 0.3) is 0 Å². The van der Waals surface area contributed by atoms with Crippen molar-refractivity contribution in [3.63, 3.8) is 0 Å². The molecule has 41 heavy (non-hydrogen) atoms. The second kappa shape index (κ2) is 11.0. The average Bonchev–Trinajstić information content (AvgIpc) is 3.27. The van der Waals surface area contributed by atoms with Crippen LogP contribution in [0.15, 0.2) is 30.6 Å². The van der Waals surface area contributed by atoms with Gasteiger partial charge in [0.05, 0.1) is 40.2 Å². The molecule has 10 nitrogen and oxygen atoms in total. The van der Waals surface area contributed by atoms with Crippen molar-refractivity contribution in [1.29, 1.82) is 0 Å². The van der Waals surface area contributed by atoms with Gasteiger partial charge in [-0.2, -0.15) is 5.10 Å². The maximum absolute atomic E-state index is 12.8. The van der Waals surface area contributed by atoms with Crippen molar-refractivity contribution in [2.75, 3.05) is 31.9 Å². The van der Waals surface area contributed by atoms with Crippen molar-refractivity contribution >= 4 is 45.3 Å². The third-order valence-corrected chi connectivity index (χ3v) is 7.49. The van der Waals surface area contributed by atoms with E-state index in [4.69, 9.17) is 35.8 Å². The Morgan fingerprint density at radius 1 is 1.15 bits per heavy atom. The number of anilines is 1. The Morgan fingerprint density at radius 3 is 2.51 bits per heavy atom. The highest BCUT2D eigenvalue weighted by Crippen LogP contribution is 2.39. The number of rotatable bonds is 5. The van der Waals surface area contributed by atoms with E-state index >= 15 is 0 Å². The maximum Gasteiger partial charge on any atom is 0.410 e. The number of aromatic nitrogens is 4. The normalized spacial score (nSPS) is 17.9. The lowest BCUT2D eigenvalue weighted by Gasteiger charge is -2.45. The van der Waals surface area contributed by atoms with E-state index in [1.54, 1.807) is 11.8 Å². The van der Waals surface area contributed by atoms with E-state index in [0.29, 0.717) is 35.2 Å². The molecule has 2 atom stereocenters. The molecule has 4 aromatic rings. The van der Waals surface area contributed by atoms with Crippen molar-refractivity contribution in [1.82, 2.24) is 24.6 Å². The van der Waals surface area contributed by atoms with Crippen LogP contribution in [0.4, 0.5) is 10.5 Å². The zero-order chi connectivity index (χ0) is 29.6. The topological polar surface area (TPSA) is 94.8 Å². The summed E-state index contributed by atoms with van der Waals surface area (Å²) in [6.07, 6.45) is 3.49. The fourth-order valence-corrected chi connectivity index (χ4v) is 5.75. The molecule has 1 aliphatic rings. The summed E-state index contributed by atoms with van der Waals surface area (Å²) >= 11 is 6.88. The average molecular weight is 581 g/mol. The van der Waals surface area contributed by atoms with Gasteiger partial charge in [-0.05, 0) is 59.7 Å². The molecule has 4 heterocycles. The second-order valence-electron chi connectivity index (χ2n) is 11.7. The molecule has 0 unspecified atom stereocenters. The van der Waals surface area contributed by atoms with Crippen LogP contribution in [-0.4, -0.2) is 75.4 Å². The van der Waals surface area contributed by atoms with Crippen molar-refractivity contribution < 1.29 is 19.0 Å². The summed E-state index contributed by atoms with van der Waals surface area (Å²) in [4.78, 5) is 26.5. The highest BCUT2D eigenvalue weighted by atomic mass is 35.5. The first kappa shape index (κ1) is 28.9. The van der Waals surface area contributed by atoms with Crippen LogP contribution in [0.25, 0.3) is 33.2 Å². The van der Waals surface area contributed by atoms with Crippen LogP contribution in [0.3, 0.4) is 0 Å². The number of amides is 1. The van der Waals surface area contributed by atoms with E-state index in [1.165, 1.54) is 0 Å². The van der Waals surface area contributed by atoms with Crippen LogP contribution in [-0.2, 0) is 16.5 Å². The quantitative estimate of drug-likeness (QED) is 0.267. The Labute approximate surface area is 245 Å². The Kier molecular flexibility index (Phi) is 7.74. The first-order valence-electron chi connectivity index (χ1n) is 13.7. The van der Waals surface area contributed by atoms with E-state index in [1.807, 2.05) is 84.1 Å². The summed E-state index contributed by atoms with van der Waals surface area (Å²) in [6, 6.07) is 5.78. The first-order chi connectivity index (χ1) is 19.4. The van der Waals surface area contributed by atoms with Gasteiger partial charge in [0, 0.05) is 55.3 Å². The van der Waals surface area contributed by atoms with Crippen LogP contribution in [0.5, 0.6) is 5.75 Å². The van der Waals surface area contributed by atoms with Crippen molar-refractivity contribution in [2.24, 2.45) is 7.05 Å². The number of pyridine rings is 2. The summed E-state index contributed by atoms with van der Waals surface area (Å²) in [5, 5.41) is 6.84. The minimum atomic E-state index is -0.544. The van der Waals surface area contributed by atoms with Gasteiger partial charge in [0.1, 0.15) is 11.4 Å². The van der Waals surface area contributed by atoms with E-state index in [-0.39, 0.29) is 25.0 Å². The summed E-state index contributed by atoms with van der Waals surface area (Å²) in [7, 11) is 3.47. The smallest absolute Gasteiger partial charge is 0.410 e. The van der Waals surface area contributed by atoms with E-state index < -0.39 is 5.60 Å². The number of hydrogen-bond donors (Lipinski definition) is 0. The largest absolute Gasteiger partial charge is 0.466 e. The lowest BCUT2D eigenvalue weighted by molar-refractivity contribution is 0.00565. The van der Waals surface area contributed by atoms with Gasteiger partial charge >= 0.3 is 6.09 Å². The molecule has 0 bridgehead atoms. The van der Waals surface area contributed by atoms with Gasteiger partial charge < -0.3 is 19.1 Å². The molecule has 0 aliphatic carbocycles. The number of methoxy groups -OCH3 is 1. The number of carbonyl (C=O) groups is 1. The standard InChI is InChI=1S/C30H37ClN6O4/c1-17-13-36(14-18(2)37(17)29(38)41-30(4,5)6)21-10-22-24(31)11-25(33-28(22)32-12-21)23-9-20-15-35(7)34-26(20)19(3)27(23)40-16-39-8/h9-12,15,17-18H,13-14,16H2,1-8H3/t17-,18+. The monoisotopic (exact) mass is 580 g/mol. The number of piperazine rings is 1. The van der Waals surface area contributed by atoms with E-state index in [2.05, 4.69) is 10.00 Å². The molecule has 1 aromatic carbocycles. The van der Waals surface area contributed by atoms with E-state index in [0.717, 1.165) is 33.1 Å². The molecule has 5 rings (SSSR count). The summed E-state index contributed by atoms with van der Waals surface area (Å²) in [6.45, 7) is 13.1. The molecule has 0 N–H and O–H groups in total. The molecule has 11 heteroatoms. The lowest BCUT2D eigenvalue weighted by atomic mass is 10.0. The molecular weight excluding hydrogens is 544 g/mol. The Morgan fingerprint density at radius 2 is 1.85 bits per heavy atom. The zero-order valence-corrected chi connectivity index (χ0v) is 25.6. The van der Waals surface area contributed by atoms with E-state index in [9.17, 15) is 4.79 Å². The third kappa shape index (κ3) is 5.76. The van der Waals surface area contributed by atoms with Crippen molar-refractivity contribution in [3.05, 3.63) is 41.2 Å². The van der Waals surface area contributed by atoms with Gasteiger partial charge in [-0.1, -0.05) is 11.6 Å². The van der Waals surface area contributed by atoms with Crippen LogP contribution in [0.2, 0.25) is 5.02 Å². The van der Waals surface area contributed by atoms with Crippen molar-refractivity contribution in [2.45, 2.75) is 59.2 Å². The molecule has 0 spiro atoms. The van der Waals surface area contributed by atoms with Gasteiger partial charge in [-0.25, -0.2) is 14.8 Å². The zero-order valence-electron chi connectivity index (χ0n) is 24.9. The number of halogens is 1. The highest BCUT2D eigenvalue weighted by molar-refractivity contribution is 6.35. The highest BCUT2D eigenvalue weighted by Gasteiger charge is 2.36. The van der Waals surface area contributed by atoms with Crippen LogP contribution < -0.4 is 9.64 Å². The number of benzene rings is 1. The third-order valence-electron chi connectivity index (χ3n) is 7.18. The maximum atomic E-state index is 12.8. The number of hydrogen-bond acceptors (Lipinski definition) is 8. The number of nitrogens with zero attached hydrogens (tertiary/aromatic N) is 6. The number of aryl methyl sites for hydroxylation is 2. The Hall–Kier alpha value is -3.63. The number of carbonyl (C=O) groups excluding carboxylic acids is 1. The molecule has 0 saturated carbocycles. The summed E-state index contributed by atoms with van der Waals surface area (Å²) in [5.41, 5.74) is 4.10. The summed E-state index contributed by atoms with van der Waals surface area (Å²) in [5.74, 6) is 0.642. The Bertz CT molecular complexity index is 1600. The van der Waals surface area contributed by atoms with Crippen LogP contribution in [0.1, 0.15) is 40.2 Å². The fourth-order valence-electron chi connectivity index (χ4n) is 5.50. The molecular formula is C30H37ClN6O4. The minimum absolute atomic E-state index is 0.0450. The molecule has 1 amide bonds. The predicted molar refractivity (Wildman–Crippen MR) is 161 cm³/mol. The molecule has 1 aliphatic heterocycles. The van der Waals surface area contributed by atoms with Gasteiger partial charge in [-0.15, -0.1) is 0 Å². The Balaban J connectivity index is 1.47. The summed E-state index contributed by atoms with van der Waals surface area (Å²) < 4.78 is 18.6. The second-order valence-corrected chi connectivity index (χ2v) is 12.1. The SMILES string of the molecule is COCOc1c(-c2cc(Cl)c3cc(N4C[C@@H](C)N(C(=O)OC(C)(C)C)[C@@H](C)C4)cnc3n2)cc2cn(C)nc2c1C. The molecule has 1 saturated heterocycles. The first-order valence-corrected chi connectivity index (χ1v) is 14.1. The van der Waals surface area contributed by atoms with Gasteiger partial charge in [0.15, 0.2) is 12.4 Å². The number of fused-ring (bicyclic) bond motifs is 2. The molecule has 3 aromatic heterocycles. The van der Waals surface area contributed by atoms with Gasteiger partial charge in [-0.3, -0.25) is 9.58 Å². The fraction of sp³-hybridized carbons (Fsp3) is 0.467. The van der Waals surface area contributed by atoms with Gasteiger partial charge in [0.2, 0.25) is 0 Å². The molecule has 0 radical (unpaired) electrons. The van der Waals surface area contributed by atoms with Crippen LogP contribution >= 0.6 is 11.6 Å². The molecule has 218 valence electrons. The lowest BCUT2D eigenvalue weighted by Crippen LogP contribution is -2.59.